The summed E-state index contributed by atoms with van der Waals surface area (Å²) in [6, 6.07) is 9.65. The Balaban J connectivity index is 2.06. The SMILES string of the molecule is CCNC(=NCc1cccc(C#N)c1)N1CCCC(CC(N)=O)C1. The average molecular weight is 327 g/mol. The van der Waals surface area contributed by atoms with Gasteiger partial charge in [-0.3, -0.25) is 4.79 Å². The van der Waals surface area contributed by atoms with Gasteiger partial charge in [0.25, 0.3) is 0 Å². The standard InChI is InChI=1S/C18H25N5O/c1-2-21-18(22-12-15-6-3-5-14(9-15)11-19)23-8-4-7-16(13-23)10-17(20)24/h3,5-6,9,16H,2,4,7-8,10,12-13H2,1H3,(H2,20,24)(H,21,22). The van der Waals surface area contributed by atoms with Crippen molar-refractivity contribution < 1.29 is 4.79 Å². The van der Waals surface area contributed by atoms with Crippen LogP contribution in [0, 0.1) is 17.2 Å². The first-order valence-corrected chi connectivity index (χ1v) is 8.43. The van der Waals surface area contributed by atoms with E-state index >= 15 is 0 Å². The van der Waals surface area contributed by atoms with Crippen molar-refractivity contribution in [3.8, 4) is 6.07 Å². The lowest BCUT2D eigenvalue weighted by atomic mass is 9.95. The number of guanidine groups is 1. The molecule has 0 radical (unpaired) electrons. The first-order chi connectivity index (χ1) is 11.6. The third-order valence-corrected chi connectivity index (χ3v) is 4.11. The topological polar surface area (TPSA) is 94.5 Å². The molecule has 0 saturated carbocycles. The predicted molar refractivity (Wildman–Crippen MR) is 94.1 cm³/mol. The minimum absolute atomic E-state index is 0.239. The lowest BCUT2D eigenvalue weighted by Crippen LogP contribution is -2.47. The van der Waals surface area contributed by atoms with Crippen molar-refractivity contribution in [3.63, 3.8) is 0 Å². The number of nitrogens with one attached hydrogen (secondary N) is 1. The Morgan fingerprint density at radius 3 is 3.08 bits per heavy atom. The van der Waals surface area contributed by atoms with E-state index < -0.39 is 0 Å². The van der Waals surface area contributed by atoms with Gasteiger partial charge in [0.1, 0.15) is 0 Å². The number of carbonyl (C=O) groups excluding carboxylic acids is 1. The van der Waals surface area contributed by atoms with Gasteiger partial charge in [-0.2, -0.15) is 5.26 Å². The summed E-state index contributed by atoms with van der Waals surface area (Å²) in [5.41, 5.74) is 6.99. The zero-order valence-electron chi connectivity index (χ0n) is 14.2. The first kappa shape index (κ1) is 17.8. The van der Waals surface area contributed by atoms with Crippen LogP contribution in [0.5, 0.6) is 0 Å². The maximum absolute atomic E-state index is 11.2. The molecular weight excluding hydrogens is 302 g/mol. The highest BCUT2D eigenvalue weighted by Gasteiger charge is 2.23. The molecule has 6 heteroatoms. The Morgan fingerprint density at radius 1 is 1.54 bits per heavy atom. The van der Waals surface area contributed by atoms with Gasteiger partial charge in [-0.25, -0.2) is 4.99 Å². The number of nitrogens with zero attached hydrogens (tertiary/aromatic N) is 3. The molecule has 1 fully saturated rings. The molecule has 24 heavy (non-hydrogen) atoms. The van der Waals surface area contributed by atoms with E-state index in [0.29, 0.717) is 24.4 Å². The van der Waals surface area contributed by atoms with Crippen LogP contribution in [0.4, 0.5) is 0 Å². The third-order valence-electron chi connectivity index (χ3n) is 4.11. The number of piperidine rings is 1. The molecule has 0 aromatic heterocycles. The molecule has 0 bridgehead atoms. The van der Waals surface area contributed by atoms with Crippen LogP contribution in [0.25, 0.3) is 0 Å². The van der Waals surface area contributed by atoms with Gasteiger partial charge < -0.3 is 16.0 Å². The minimum Gasteiger partial charge on any atom is -0.370 e. The number of primary amides is 1. The van der Waals surface area contributed by atoms with E-state index in [1.165, 1.54) is 0 Å². The molecule has 6 nitrogen and oxygen atoms in total. The van der Waals surface area contributed by atoms with Gasteiger partial charge in [-0.15, -0.1) is 0 Å². The Labute approximate surface area is 143 Å². The minimum atomic E-state index is -0.239. The predicted octanol–water partition coefficient (Wildman–Crippen LogP) is 1.61. The van der Waals surface area contributed by atoms with Gasteiger partial charge in [-0.1, -0.05) is 12.1 Å². The van der Waals surface area contributed by atoms with Crippen LogP contribution in [0.2, 0.25) is 0 Å². The Morgan fingerprint density at radius 2 is 2.38 bits per heavy atom. The van der Waals surface area contributed by atoms with E-state index in [-0.39, 0.29) is 5.91 Å². The van der Waals surface area contributed by atoms with Crippen molar-refractivity contribution in [2.75, 3.05) is 19.6 Å². The van der Waals surface area contributed by atoms with Crippen LogP contribution >= 0.6 is 0 Å². The number of aliphatic imine (C=N–C) groups is 1. The fourth-order valence-electron chi connectivity index (χ4n) is 3.04. The molecule has 1 aromatic rings. The second-order valence-electron chi connectivity index (χ2n) is 6.11. The van der Waals surface area contributed by atoms with E-state index in [1.54, 1.807) is 6.07 Å². The molecule has 1 aliphatic rings. The van der Waals surface area contributed by atoms with Gasteiger partial charge in [0.05, 0.1) is 18.2 Å². The van der Waals surface area contributed by atoms with Crippen LogP contribution in [0.3, 0.4) is 0 Å². The highest BCUT2D eigenvalue weighted by Crippen LogP contribution is 2.19. The van der Waals surface area contributed by atoms with E-state index in [2.05, 4.69) is 16.3 Å². The highest BCUT2D eigenvalue weighted by atomic mass is 16.1. The zero-order chi connectivity index (χ0) is 17.4. The number of nitriles is 1. The van der Waals surface area contributed by atoms with Gasteiger partial charge in [0.2, 0.25) is 5.91 Å². The van der Waals surface area contributed by atoms with E-state index in [4.69, 9.17) is 16.0 Å². The van der Waals surface area contributed by atoms with E-state index in [9.17, 15) is 4.79 Å². The number of hydrogen-bond donors (Lipinski definition) is 2. The number of likely N-dealkylation sites (tertiary alicyclic amines) is 1. The summed E-state index contributed by atoms with van der Waals surface area (Å²) < 4.78 is 0. The number of nitrogens with two attached hydrogens (primary N) is 1. The van der Waals surface area contributed by atoms with Crippen molar-refractivity contribution in [1.29, 1.82) is 5.26 Å². The van der Waals surface area contributed by atoms with Crippen molar-refractivity contribution >= 4 is 11.9 Å². The van der Waals surface area contributed by atoms with Crippen LogP contribution in [-0.4, -0.2) is 36.4 Å². The molecule has 0 aliphatic carbocycles. The van der Waals surface area contributed by atoms with Crippen LogP contribution in [0.15, 0.2) is 29.3 Å². The molecule has 1 unspecified atom stereocenters. The van der Waals surface area contributed by atoms with Crippen molar-refractivity contribution in [2.24, 2.45) is 16.6 Å². The second kappa shape index (κ2) is 8.92. The second-order valence-corrected chi connectivity index (χ2v) is 6.11. The molecule has 128 valence electrons. The number of benzene rings is 1. The molecule has 1 aromatic carbocycles. The highest BCUT2D eigenvalue weighted by molar-refractivity contribution is 5.80. The quantitative estimate of drug-likeness (QED) is 0.634. The Kier molecular flexibility index (Phi) is 6.62. The molecule has 1 aliphatic heterocycles. The molecule has 1 heterocycles. The third kappa shape index (κ3) is 5.27. The summed E-state index contributed by atoms with van der Waals surface area (Å²) in [5.74, 6) is 0.910. The number of rotatable bonds is 5. The van der Waals surface area contributed by atoms with Gasteiger partial charge in [0, 0.05) is 26.1 Å². The Hall–Kier alpha value is -2.55. The summed E-state index contributed by atoms with van der Waals surface area (Å²) in [7, 11) is 0. The maximum atomic E-state index is 11.2. The van der Waals surface area contributed by atoms with Crippen LogP contribution in [0.1, 0.15) is 37.3 Å². The molecule has 1 amide bonds. The van der Waals surface area contributed by atoms with Gasteiger partial charge >= 0.3 is 0 Å². The van der Waals surface area contributed by atoms with Gasteiger partial charge in [-0.05, 0) is 43.4 Å². The van der Waals surface area contributed by atoms with Crippen LogP contribution in [-0.2, 0) is 11.3 Å². The van der Waals surface area contributed by atoms with Crippen LogP contribution < -0.4 is 11.1 Å². The number of hydrogen-bond acceptors (Lipinski definition) is 3. The lowest BCUT2D eigenvalue weighted by molar-refractivity contribution is -0.119. The fourth-order valence-corrected chi connectivity index (χ4v) is 3.04. The lowest BCUT2D eigenvalue weighted by Gasteiger charge is -2.34. The fraction of sp³-hybridized carbons (Fsp3) is 0.500. The molecular formula is C18H25N5O. The van der Waals surface area contributed by atoms with Crippen molar-refractivity contribution in [3.05, 3.63) is 35.4 Å². The molecule has 1 atom stereocenters. The molecule has 0 spiro atoms. The van der Waals surface area contributed by atoms with Crippen molar-refractivity contribution in [2.45, 2.75) is 32.7 Å². The number of amides is 1. The van der Waals surface area contributed by atoms with E-state index in [0.717, 1.165) is 44.0 Å². The van der Waals surface area contributed by atoms with Crippen molar-refractivity contribution in [1.82, 2.24) is 10.2 Å². The number of carbonyl (C=O) groups is 1. The summed E-state index contributed by atoms with van der Waals surface area (Å²) in [6.45, 7) is 5.08. The summed E-state index contributed by atoms with van der Waals surface area (Å²) >= 11 is 0. The van der Waals surface area contributed by atoms with Gasteiger partial charge in [0.15, 0.2) is 5.96 Å². The smallest absolute Gasteiger partial charge is 0.217 e. The van der Waals surface area contributed by atoms with E-state index in [1.807, 2.05) is 25.1 Å². The normalized spacial score (nSPS) is 18.1. The zero-order valence-corrected chi connectivity index (χ0v) is 14.2. The molecule has 3 N–H and O–H groups in total. The molecule has 2 rings (SSSR count). The monoisotopic (exact) mass is 327 g/mol. The average Bonchev–Trinajstić information content (AvgIpc) is 2.58. The summed E-state index contributed by atoms with van der Waals surface area (Å²) in [6.07, 6.45) is 2.50. The molecule has 1 saturated heterocycles. The summed E-state index contributed by atoms with van der Waals surface area (Å²) in [4.78, 5) is 18.1. The maximum Gasteiger partial charge on any atom is 0.217 e. The Bertz CT molecular complexity index is 635. The summed E-state index contributed by atoms with van der Waals surface area (Å²) in [5, 5.41) is 12.3. The first-order valence-electron chi connectivity index (χ1n) is 8.43. The largest absolute Gasteiger partial charge is 0.370 e.